The molecule has 1 N–H and O–H groups in total. The number of thioether (sulfide) groups is 1. The van der Waals surface area contributed by atoms with Crippen LogP contribution in [0.15, 0.2) is 29.2 Å². The van der Waals surface area contributed by atoms with Crippen LogP contribution < -0.4 is 4.74 Å². The third kappa shape index (κ3) is 2.67. The zero-order valence-corrected chi connectivity index (χ0v) is 9.67. The van der Waals surface area contributed by atoms with Crippen molar-refractivity contribution in [2.75, 3.05) is 6.26 Å². The van der Waals surface area contributed by atoms with Gasteiger partial charge in [-0.15, -0.1) is 11.8 Å². The average Bonchev–Trinajstić information content (AvgIpc) is 2.66. The van der Waals surface area contributed by atoms with Gasteiger partial charge < -0.3 is 9.84 Å². The molecule has 0 aliphatic heterocycles. The SMILES string of the molecule is CSc1ccc(O[C@@H]2CCC[C@H]2O)cc1. The normalized spacial score (nSPS) is 25.5. The molecule has 0 spiro atoms. The minimum Gasteiger partial charge on any atom is -0.488 e. The van der Waals surface area contributed by atoms with Crippen LogP contribution in [0.3, 0.4) is 0 Å². The first-order valence-corrected chi connectivity index (χ1v) is 6.51. The van der Waals surface area contributed by atoms with Crippen molar-refractivity contribution >= 4 is 11.8 Å². The van der Waals surface area contributed by atoms with Crippen molar-refractivity contribution in [1.29, 1.82) is 0 Å². The first kappa shape index (κ1) is 10.8. The molecule has 0 heterocycles. The van der Waals surface area contributed by atoms with Gasteiger partial charge in [-0.25, -0.2) is 0 Å². The second kappa shape index (κ2) is 4.90. The molecule has 0 amide bonds. The zero-order chi connectivity index (χ0) is 10.7. The van der Waals surface area contributed by atoms with Crippen LogP contribution in [0.1, 0.15) is 19.3 Å². The fourth-order valence-corrected chi connectivity index (χ4v) is 2.28. The second-order valence-electron chi connectivity index (χ2n) is 3.83. The topological polar surface area (TPSA) is 29.5 Å². The quantitative estimate of drug-likeness (QED) is 0.800. The summed E-state index contributed by atoms with van der Waals surface area (Å²) in [5.74, 6) is 0.860. The van der Waals surface area contributed by atoms with E-state index in [1.807, 2.05) is 24.3 Å². The molecular weight excluding hydrogens is 208 g/mol. The van der Waals surface area contributed by atoms with Gasteiger partial charge in [0.2, 0.25) is 0 Å². The highest BCUT2D eigenvalue weighted by atomic mass is 32.2. The van der Waals surface area contributed by atoms with Crippen molar-refractivity contribution in [2.24, 2.45) is 0 Å². The van der Waals surface area contributed by atoms with Crippen molar-refractivity contribution in [3.8, 4) is 5.75 Å². The molecule has 2 atom stereocenters. The Morgan fingerprint density at radius 1 is 1.27 bits per heavy atom. The fraction of sp³-hybridized carbons (Fsp3) is 0.500. The Morgan fingerprint density at radius 3 is 2.53 bits per heavy atom. The molecular formula is C12H16O2S. The smallest absolute Gasteiger partial charge is 0.124 e. The molecule has 0 saturated heterocycles. The van der Waals surface area contributed by atoms with E-state index in [0.29, 0.717) is 0 Å². The van der Waals surface area contributed by atoms with E-state index >= 15 is 0 Å². The Labute approximate surface area is 94.6 Å². The lowest BCUT2D eigenvalue weighted by molar-refractivity contribution is 0.0604. The molecule has 0 bridgehead atoms. The molecule has 0 radical (unpaired) electrons. The van der Waals surface area contributed by atoms with E-state index in [-0.39, 0.29) is 12.2 Å². The monoisotopic (exact) mass is 224 g/mol. The summed E-state index contributed by atoms with van der Waals surface area (Å²) in [4.78, 5) is 1.23. The van der Waals surface area contributed by atoms with Gasteiger partial charge in [-0.3, -0.25) is 0 Å². The summed E-state index contributed by atoms with van der Waals surface area (Å²) < 4.78 is 5.73. The third-order valence-electron chi connectivity index (χ3n) is 2.76. The van der Waals surface area contributed by atoms with E-state index in [1.54, 1.807) is 11.8 Å². The summed E-state index contributed by atoms with van der Waals surface area (Å²) in [5, 5.41) is 9.62. The number of aliphatic hydroxyl groups excluding tert-OH is 1. The average molecular weight is 224 g/mol. The van der Waals surface area contributed by atoms with Gasteiger partial charge in [0.25, 0.3) is 0 Å². The summed E-state index contributed by atoms with van der Waals surface area (Å²) in [6.45, 7) is 0. The largest absolute Gasteiger partial charge is 0.488 e. The third-order valence-corrected chi connectivity index (χ3v) is 3.51. The molecule has 3 heteroatoms. The van der Waals surface area contributed by atoms with Crippen molar-refractivity contribution in [3.63, 3.8) is 0 Å². The lowest BCUT2D eigenvalue weighted by atomic mass is 10.2. The lowest BCUT2D eigenvalue weighted by Crippen LogP contribution is -2.25. The molecule has 1 aliphatic carbocycles. The van der Waals surface area contributed by atoms with Gasteiger partial charge in [0.15, 0.2) is 0 Å². The van der Waals surface area contributed by atoms with E-state index in [0.717, 1.165) is 25.0 Å². The van der Waals surface area contributed by atoms with E-state index in [2.05, 4.69) is 6.26 Å². The molecule has 0 unspecified atom stereocenters. The second-order valence-corrected chi connectivity index (χ2v) is 4.71. The van der Waals surface area contributed by atoms with Crippen LogP contribution in [-0.4, -0.2) is 23.6 Å². The Kier molecular flexibility index (Phi) is 3.54. The molecule has 15 heavy (non-hydrogen) atoms. The van der Waals surface area contributed by atoms with Gasteiger partial charge in [-0.05, 0) is 49.8 Å². The van der Waals surface area contributed by atoms with Crippen molar-refractivity contribution in [1.82, 2.24) is 0 Å². The van der Waals surface area contributed by atoms with Gasteiger partial charge in [-0.1, -0.05) is 0 Å². The minimum absolute atomic E-state index is 0.00914. The maximum Gasteiger partial charge on any atom is 0.124 e. The number of aliphatic hydroxyl groups is 1. The van der Waals surface area contributed by atoms with Gasteiger partial charge in [-0.2, -0.15) is 0 Å². The zero-order valence-electron chi connectivity index (χ0n) is 8.85. The van der Waals surface area contributed by atoms with E-state index in [9.17, 15) is 5.11 Å². The first-order valence-electron chi connectivity index (χ1n) is 5.28. The Balaban J connectivity index is 1.98. The minimum atomic E-state index is -0.287. The Hall–Kier alpha value is -0.670. The molecule has 1 aromatic rings. The lowest BCUT2D eigenvalue weighted by Gasteiger charge is -2.17. The summed E-state index contributed by atoms with van der Waals surface area (Å²) in [5.41, 5.74) is 0. The van der Waals surface area contributed by atoms with Crippen LogP contribution in [0.25, 0.3) is 0 Å². The van der Waals surface area contributed by atoms with Crippen LogP contribution in [0, 0.1) is 0 Å². The van der Waals surface area contributed by atoms with E-state index in [4.69, 9.17) is 4.74 Å². The summed E-state index contributed by atoms with van der Waals surface area (Å²) in [6, 6.07) is 8.02. The van der Waals surface area contributed by atoms with E-state index < -0.39 is 0 Å². The highest BCUT2D eigenvalue weighted by Crippen LogP contribution is 2.26. The van der Waals surface area contributed by atoms with Gasteiger partial charge >= 0.3 is 0 Å². The molecule has 2 rings (SSSR count). The molecule has 1 fully saturated rings. The number of benzene rings is 1. The molecule has 1 saturated carbocycles. The van der Waals surface area contributed by atoms with Gasteiger partial charge in [0.1, 0.15) is 11.9 Å². The van der Waals surface area contributed by atoms with Crippen LogP contribution in [-0.2, 0) is 0 Å². The number of rotatable bonds is 3. The van der Waals surface area contributed by atoms with Crippen LogP contribution >= 0.6 is 11.8 Å². The van der Waals surface area contributed by atoms with Crippen LogP contribution in [0.5, 0.6) is 5.75 Å². The maximum absolute atomic E-state index is 9.62. The van der Waals surface area contributed by atoms with Crippen LogP contribution in [0.2, 0.25) is 0 Å². The molecule has 1 aromatic carbocycles. The molecule has 1 aliphatic rings. The van der Waals surface area contributed by atoms with E-state index in [1.165, 1.54) is 4.90 Å². The highest BCUT2D eigenvalue weighted by molar-refractivity contribution is 7.98. The van der Waals surface area contributed by atoms with Crippen LogP contribution in [0.4, 0.5) is 0 Å². The van der Waals surface area contributed by atoms with Gasteiger partial charge in [0, 0.05) is 4.90 Å². The Morgan fingerprint density at radius 2 is 2.00 bits per heavy atom. The number of hydrogen-bond acceptors (Lipinski definition) is 3. The molecule has 0 aromatic heterocycles. The highest BCUT2D eigenvalue weighted by Gasteiger charge is 2.26. The number of ether oxygens (including phenoxy) is 1. The first-order chi connectivity index (χ1) is 7.29. The molecule has 82 valence electrons. The molecule has 2 nitrogen and oxygen atoms in total. The van der Waals surface area contributed by atoms with Crippen molar-refractivity contribution in [3.05, 3.63) is 24.3 Å². The van der Waals surface area contributed by atoms with Crippen molar-refractivity contribution in [2.45, 2.75) is 36.4 Å². The summed E-state index contributed by atoms with van der Waals surface area (Å²) in [7, 11) is 0. The Bertz CT molecular complexity index is 310. The fourth-order valence-electron chi connectivity index (χ4n) is 1.87. The summed E-state index contributed by atoms with van der Waals surface area (Å²) >= 11 is 1.72. The van der Waals surface area contributed by atoms with Crippen molar-refractivity contribution < 1.29 is 9.84 Å². The van der Waals surface area contributed by atoms with Gasteiger partial charge in [0.05, 0.1) is 6.10 Å². The maximum atomic E-state index is 9.62. The predicted molar refractivity (Wildman–Crippen MR) is 62.5 cm³/mol. The number of hydrogen-bond donors (Lipinski definition) is 1. The standard InChI is InChI=1S/C12H16O2S/c1-15-10-7-5-9(6-8-10)14-12-4-2-3-11(12)13/h5-8,11-13H,2-4H2,1H3/t11-,12-/m1/s1. The predicted octanol–water partition coefficient (Wildman–Crippen LogP) is 2.70. The summed E-state index contributed by atoms with van der Waals surface area (Å²) in [6.07, 6.45) is 4.65.